The van der Waals surface area contributed by atoms with Crippen LogP contribution >= 0.6 is 11.6 Å². The molecule has 10 heteroatoms. The summed E-state index contributed by atoms with van der Waals surface area (Å²) in [5.41, 5.74) is 0.890. The molecule has 0 saturated carbocycles. The lowest BCUT2D eigenvalue weighted by atomic mass is 10.0. The van der Waals surface area contributed by atoms with E-state index in [1.165, 1.54) is 0 Å². The van der Waals surface area contributed by atoms with Crippen LogP contribution < -0.4 is 15.0 Å². The number of hydrogen-bond acceptors (Lipinski definition) is 8. The monoisotopic (exact) mass is 519 g/mol. The Morgan fingerprint density at radius 1 is 1.22 bits per heavy atom. The summed E-state index contributed by atoms with van der Waals surface area (Å²) in [6, 6.07) is 6.76. The van der Waals surface area contributed by atoms with Crippen LogP contribution in [0.2, 0.25) is 5.02 Å². The molecule has 3 fully saturated rings. The number of pyridine rings is 2. The van der Waals surface area contributed by atoms with Gasteiger partial charge in [0, 0.05) is 71.2 Å². The molecule has 2 bridgehead atoms. The maximum absolute atomic E-state index is 16.3. The Morgan fingerprint density at radius 3 is 2.92 bits per heavy atom. The number of piperazine rings is 1. The number of fused-ring (bicyclic) bond motifs is 4. The molecular formula is C27H27ClFN7O. The van der Waals surface area contributed by atoms with Gasteiger partial charge in [-0.3, -0.25) is 9.97 Å². The maximum Gasteiger partial charge on any atom is 0.319 e. The van der Waals surface area contributed by atoms with Gasteiger partial charge in [-0.05, 0) is 38.9 Å². The first-order valence-electron chi connectivity index (χ1n) is 12.8. The van der Waals surface area contributed by atoms with E-state index in [1.54, 1.807) is 24.7 Å². The van der Waals surface area contributed by atoms with Gasteiger partial charge in [0.25, 0.3) is 0 Å². The second-order valence-corrected chi connectivity index (χ2v) is 10.7. The molecule has 0 spiro atoms. The molecule has 3 aliphatic heterocycles. The first-order chi connectivity index (χ1) is 18.1. The Balaban J connectivity index is 1.37. The lowest BCUT2D eigenvalue weighted by Crippen LogP contribution is -2.44. The summed E-state index contributed by atoms with van der Waals surface area (Å²) in [5.74, 6) is 0.154. The van der Waals surface area contributed by atoms with Crippen LogP contribution in [0, 0.1) is 5.82 Å². The number of aromatic nitrogens is 4. The fourth-order valence-corrected chi connectivity index (χ4v) is 6.33. The molecule has 3 unspecified atom stereocenters. The Kier molecular flexibility index (Phi) is 5.60. The normalized spacial score (nSPS) is 23.5. The first-order valence-corrected chi connectivity index (χ1v) is 13.2. The highest BCUT2D eigenvalue weighted by Gasteiger charge is 2.39. The van der Waals surface area contributed by atoms with Gasteiger partial charge in [-0.2, -0.15) is 9.97 Å². The van der Waals surface area contributed by atoms with E-state index >= 15 is 4.39 Å². The van der Waals surface area contributed by atoms with Gasteiger partial charge >= 0.3 is 6.01 Å². The largest absolute Gasteiger partial charge is 0.462 e. The SMILES string of the molecule is CN1CCCC1COc1nc(N2CC3CC2CN3)c2cnc(-c3cncc4cccc(Cl)c34)c(F)c2n1. The van der Waals surface area contributed by atoms with Gasteiger partial charge in [-0.25, -0.2) is 4.39 Å². The number of rotatable bonds is 5. The molecule has 37 heavy (non-hydrogen) atoms. The van der Waals surface area contributed by atoms with Gasteiger partial charge in [0.1, 0.15) is 23.6 Å². The standard InChI is InChI=1S/C27H27ClFN7O/c1-35-7-3-5-17(35)14-37-27-33-25-20(26(34-27)36-13-16-8-18(36)10-31-16)12-32-24(23(25)29)19-11-30-9-15-4-2-6-21(28)22(15)19/h2,4,6,9,11-12,16-18,31H,3,5,7-8,10,13-14H2,1H3. The first kappa shape index (κ1) is 23.0. The van der Waals surface area contributed by atoms with Gasteiger partial charge in [-0.15, -0.1) is 0 Å². The Morgan fingerprint density at radius 2 is 2.14 bits per heavy atom. The fourth-order valence-electron chi connectivity index (χ4n) is 6.04. The maximum atomic E-state index is 16.3. The number of likely N-dealkylation sites (tertiary alicyclic amines) is 1. The molecule has 1 N–H and O–H groups in total. The van der Waals surface area contributed by atoms with Gasteiger partial charge in [0.15, 0.2) is 5.82 Å². The zero-order chi connectivity index (χ0) is 25.1. The van der Waals surface area contributed by atoms with Crippen LogP contribution in [0.15, 0.2) is 36.8 Å². The summed E-state index contributed by atoms with van der Waals surface area (Å²) >= 11 is 6.53. The van der Waals surface area contributed by atoms with Gasteiger partial charge in [0.05, 0.1) is 5.39 Å². The third-order valence-electron chi connectivity index (χ3n) is 8.04. The van der Waals surface area contributed by atoms with Crippen molar-refractivity contribution in [1.82, 2.24) is 30.2 Å². The molecule has 0 aliphatic carbocycles. The molecule has 3 aromatic heterocycles. The molecule has 6 heterocycles. The average molecular weight is 520 g/mol. The van der Waals surface area contributed by atoms with Crippen LogP contribution in [-0.2, 0) is 0 Å². The molecule has 0 amide bonds. The number of anilines is 1. The molecule has 0 radical (unpaired) electrons. The van der Waals surface area contributed by atoms with E-state index in [2.05, 4.69) is 37.1 Å². The number of nitrogens with one attached hydrogen (secondary N) is 1. The minimum Gasteiger partial charge on any atom is -0.462 e. The van der Waals surface area contributed by atoms with Crippen LogP contribution in [0.5, 0.6) is 6.01 Å². The molecule has 7 rings (SSSR count). The summed E-state index contributed by atoms with van der Waals surface area (Å²) in [4.78, 5) is 22.8. The second-order valence-electron chi connectivity index (χ2n) is 10.3. The quantitative estimate of drug-likeness (QED) is 0.423. The van der Waals surface area contributed by atoms with Crippen LogP contribution in [0.1, 0.15) is 19.3 Å². The Labute approximate surface area is 218 Å². The lowest BCUT2D eigenvalue weighted by molar-refractivity contribution is 0.188. The molecule has 3 atom stereocenters. The van der Waals surface area contributed by atoms with Gasteiger partial charge < -0.3 is 19.9 Å². The highest BCUT2D eigenvalue weighted by atomic mass is 35.5. The Bertz CT molecular complexity index is 1510. The number of nitrogens with zero attached hydrogens (tertiary/aromatic N) is 6. The van der Waals surface area contributed by atoms with Crippen molar-refractivity contribution < 1.29 is 9.13 Å². The predicted molar refractivity (Wildman–Crippen MR) is 142 cm³/mol. The lowest BCUT2D eigenvalue weighted by Gasteiger charge is -2.29. The molecular weight excluding hydrogens is 493 g/mol. The number of likely N-dealkylation sites (N-methyl/N-ethyl adjacent to an activating group) is 1. The van der Waals surface area contributed by atoms with Gasteiger partial charge in [0.2, 0.25) is 0 Å². The third-order valence-corrected chi connectivity index (χ3v) is 8.35. The van der Waals surface area contributed by atoms with E-state index < -0.39 is 5.82 Å². The van der Waals surface area contributed by atoms with Gasteiger partial charge in [-0.1, -0.05) is 23.7 Å². The van der Waals surface area contributed by atoms with Crippen molar-refractivity contribution >= 4 is 39.1 Å². The molecule has 190 valence electrons. The van der Waals surface area contributed by atoms with Crippen molar-refractivity contribution in [1.29, 1.82) is 0 Å². The summed E-state index contributed by atoms with van der Waals surface area (Å²) < 4.78 is 22.4. The minimum absolute atomic E-state index is 0.162. The minimum atomic E-state index is -0.527. The van der Waals surface area contributed by atoms with Crippen LogP contribution in [0.25, 0.3) is 32.9 Å². The van der Waals surface area contributed by atoms with Crippen LogP contribution in [0.4, 0.5) is 10.2 Å². The third kappa shape index (κ3) is 3.88. The predicted octanol–water partition coefficient (Wildman–Crippen LogP) is 4.06. The average Bonchev–Trinajstić information content (AvgIpc) is 3.65. The second kappa shape index (κ2) is 9.01. The van der Waals surface area contributed by atoms with Crippen molar-refractivity contribution in [3.63, 3.8) is 0 Å². The van der Waals surface area contributed by atoms with E-state index in [4.69, 9.17) is 21.3 Å². The molecule has 8 nitrogen and oxygen atoms in total. The topological polar surface area (TPSA) is 79.3 Å². The molecule has 4 aromatic rings. The van der Waals surface area contributed by atoms with E-state index in [-0.39, 0.29) is 17.2 Å². The zero-order valence-corrected chi connectivity index (χ0v) is 21.2. The molecule has 3 saturated heterocycles. The Hall–Kier alpha value is -3.14. The van der Waals surface area contributed by atoms with Crippen molar-refractivity contribution in [2.75, 3.05) is 38.2 Å². The van der Waals surface area contributed by atoms with Crippen molar-refractivity contribution in [2.45, 2.75) is 37.4 Å². The summed E-state index contributed by atoms with van der Waals surface area (Å²) in [6.45, 7) is 3.21. The number of benzene rings is 1. The van der Waals surface area contributed by atoms with Crippen molar-refractivity contribution in [2.24, 2.45) is 0 Å². The summed E-state index contributed by atoms with van der Waals surface area (Å²) in [6.07, 6.45) is 8.24. The highest BCUT2D eigenvalue weighted by molar-refractivity contribution is 6.36. The highest BCUT2D eigenvalue weighted by Crippen LogP contribution is 2.38. The number of halogens is 2. The number of hydrogen-bond donors (Lipinski definition) is 1. The van der Waals surface area contributed by atoms with Crippen LogP contribution in [-0.4, -0.2) is 76.3 Å². The fraction of sp³-hybridized carbons (Fsp3) is 0.407. The summed E-state index contributed by atoms with van der Waals surface area (Å²) in [7, 11) is 2.10. The summed E-state index contributed by atoms with van der Waals surface area (Å²) in [5, 5.41) is 6.15. The van der Waals surface area contributed by atoms with Crippen LogP contribution in [0.3, 0.4) is 0 Å². The zero-order valence-electron chi connectivity index (χ0n) is 20.5. The van der Waals surface area contributed by atoms with Crippen molar-refractivity contribution in [3.8, 4) is 17.3 Å². The van der Waals surface area contributed by atoms with E-state index in [1.807, 2.05) is 12.1 Å². The molecule has 1 aromatic carbocycles. The van der Waals surface area contributed by atoms with Crippen molar-refractivity contribution in [3.05, 3.63) is 47.6 Å². The smallest absolute Gasteiger partial charge is 0.319 e. The van der Waals surface area contributed by atoms with E-state index in [0.717, 1.165) is 44.3 Å². The van der Waals surface area contributed by atoms with E-state index in [0.29, 0.717) is 51.9 Å². The van der Waals surface area contributed by atoms with E-state index in [9.17, 15) is 0 Å². The molecule has 3 aliphatic rings. The number of ether oxygens (including phenoxy) is 1.